The van der Waals surface area contributed by atoms with E-state index in [0.29, 0.717) is 13.0 Å². The largest absolute Gasteiger partial charge is 0.395 e. The zero-order valence-electron chi connectivity index (χ0n) is 10.4. The predicted octanol–water partition coefficient (Wildman–Crippen LogP) is 1.85. The molecule has 0 aliphatic rings. The SMILES string of the molecule is CCCN(CCO)C(=O)CCc1ccccc1. The van der Waals surface area contributed by atoms with E-state index in [0.717, 1.165) is 19.4 Å². The third-order valence-electron chi connectivity index (χ3n) is 2.69. The topological polar surface area (TPSA) is 40.5 Å². The molecule has 0 spiro atoms. The van der Waals surface area contributed by atoms with E-state index >= 15 is 0 Å². The predicted molar refractivity (Wildman–Crippen MR) is 68.7 cm³/mol. The molecule has 94 valence electrons. The Morgan fingerprint density at radius 3 is 2.53 bits per heavy atom. The first-order chi connectivity index (χ1) is 8.27. The second-order valence-electron chi connectivity index (χ2n) is 4.09. The fraction of sp³-hybridized carbons (Fsp3) is 0.500. The minimum atomic E-state index is 0.0388. The quantitative estimate of drug-likeness (QED) is 0.783. The van der Waals surface area contributed by atoms with Crippen LogP contribution in [0.5, 0.6) is 0 Å². The van der Waals surface area contributed by atoms with E-state index in [1.165, 1.54) is 5.56 Å². The van der Waals surface area contributed by atoms with Crippen LogP contribution in [0.3, 0.4) is 0 Å². The van der Waals surface area contributed by atoms with Crippen molar-refractivity contribution in [2.45, 2.75) is 26.2 Å². The molecule has 1 N–H and O–H groups in total. The molecule has 0 radical (unpaired) electrons. The first-order valence-electron chi connectivity index (χ1n) is 6.20. The van der Waals surface area contributed by atoms with Crippen molar-refractivity contribution in [3.63, 3.8) is 0 Å². The van der Waals surface area contributed by atoms with Crippen LogP contribution in [0.2, 0.25) is 0 Å². The molecule has 0 saturated heterocycles. The van der Waals surface area contributed by atoms with Gasteiger partial charge in [0.1, 0.15) is 0 Å². The fourth-order valence-corrected chi connectivity index (χ4v) is 1.81. The summed E-state index contributed by atoms with van der Waals surface area (Å²) < 4.78 is 0. The lowest BCUT2D eigenvalue weighted by atomic mass is 10.1. The van der Waals surface area contributed by atoms with E-state index in [9.17, 15) is 4.79 Å². The monoisotopic (exact) mass is 235 g/mol. The summed E-state index contributed by atoms with van der Waals surface area (Å²) in [5, 5.41) is 8.90. The van der Waals surface area contributed by atoms with Gasteiger partial charge in [0.25, 0.3) is 0 Å². The highest BCUT2D eigenvalue weighted by Gasteiger charge is 2.11. The Morgan fingerprint density at radius 1 is 1.24 bits per heavy atom. The summed E-state index contributed by atoms with van der Waals surface area (Å²) in [4.78, 5) is 13.7. The zero-order chi connectivity index (χ0) is 12.5. The molecule has 0 unspecified atom stereocenters. The number of aliphatic hydroxyl groups excluding tert-OH is 1. The van der Waals surface area contributed by atoms with Crippen LogP contribution < -0.4 is 0 Å². The lowest BCUT2D eigenvalue weighted by molar-refractivity contribution is -0.131. The Kier molecular flexibility index (Phi) is 6.33. The summed E-state index contributed by atoms with van der Waals surface area (Å²) in [6, 6.07) is 10.0. The maximum atomic E-state index is 11.9. The smallest absolute Gasteiger partial charge is 0.222 e. The minimum Gasteiger partial charge on any atom is -0.395 e. The van der Waals surface area contributed by atoms with Gasteiger partial charge in [-0.05, 0) is 18.4 Å². The van der Waals surface area contributed by atoms with Crippen LogP contribution in [0.25, 0.3) is 0 Å². The Bertz CT molecular complexity index is 318. The average Bonchev–Trinajstić information content (AvgIpc) is 2.37. The third kappa shape index (κ3) is 5.00. The number of carbonyl (C=O) groups is 1. The maximum Gasteiger partial charge on any atom is 0.222 e. The molecule has 3 heteroatoms. The summed E-state index contributed by atoms with van der Waals surface area (Å²) in [6.07, 6.45) is 2.21. The molecule has 3 nitrogen and oxygen atoms in total. The van der Waals surface area contributed by atoms with Crippen molar-refractivity contribution in [1.29, 1.82) is 0 Å². The summed E-state index contributed by atoms with van der Waals surface area (Å²) in [5.74, 6) is 0.129. The van der Waals surface area contributed by atoms with Gasteiger partial charge in [-0.3, -0.25) is 4.79 Å². The van der Waals surface area contributed by atoms with Crippen molar-refractivity contribution >= 4 is 5.91 Å². The van der Waals surface area contributed by atoms with E-state index in [2.05, 4.69) is 0 Å². The number of nitrogens with zero attached hydrogens (tertiary/aromatic N) is 1. The molecule has 0 aliphatic heterocycles. The van der Waals surface area contributed by atoms with Crippen LogP contribution in [0.1, 0.15) is 25.3 Å². The van der Waals surface area contributed by atoms with Crippen molar-refractivity contribution < 1.29 is 9.90 Å². The molecule has 1 amide bonds. The standard InChI is InChI=1S/C14H21NO2/c1-2-10-15(11-12-16)14(17)9-8-13-6-4-3-5-7-13/h3-7,16H,2,8-12H2,1H3. The molecule has 1 rings (SSSR count). The van der Waals surface area contributed by atoms with E-state index in [1.54, 1.807) is 4.90 Å². The molecule has 1 aromatic rings. The Balaban J connectivity index is 2.41. The first kappa shape index (κ1) is 13.7. The summed E-state index contributed by atoms with van der Waals surface area (Å²) >= 11 is 0. The molecule has 0 aromatic heterocycles. The van der Waals surface area contributed by atoms with Crippen LogP contribution >= 0.6 is 0 Å². The van der Waals surface area contributed by atoms with E-state index in [1.807, 2.05) is 37.3 Å². The van der Waals surface area contributed by atoms with Gasteiger partial charge < -0.3 is 10.0 Å². The van der Waals surface area contributed by atoms with E-state index in [-0.39, 0.29) is 12.5 Å². The van der Waals surface area contributed by atoms with Gasteiger partial charge in [-0.15, -0.1) is 0 Å². The van der Waals surface area contributed by atoms with Crippen LogP contribution in [-0.2, 0) is 11.2 Å². The molecule has 0 heterocycles. The van der Waals surface area contributed by atoms with Crippen molar-refractivity contribution in [1.82, 2.24) is 4.90 Å². The van der Waals surface area contributed by atoms with Gasteiger partial charge >= 0.3 is 0 Å². The Labute approximate surface area is 103 Å². The van der Waals surface area contributed by atoms with Crippen LogP contribution in [0.15, 0.2) is 30.3 Å². The molecule has 17 heavy (non-hydrogen) atoms. The number of amides is 1. The van der Waals surface area contributed by atoms with Gasteiger partial charge in [0.05, 0.1) is 6.61 Å². The van der Waals surface area contributed by atoms with E-state index < -0.39 is 0 Å². The summed E-state index contributed by atoms with van der Waals surface area (Å²) in [6.45, 7) is 3.25. The minimum absolute atomic E-state index is 0.0388. The number of benzene rings is 1. The number of rotatable bonds is 7. The molecule has 0 saturated carbocycles. The third-order valence-corrected chi connectivity index (χ3v) is 2.69. The fourth-order valence-electron chi connectivity index (χ4n) is 1.81. The Hall–Kier alpha value is -1.35. The number of hydrogen-bond acceptors (Lipinski definition) is 2. The zero-order valence-corrected chi connectivity index (χ0v) is 10.4. The molecule has 1 aromatic carbocycles. The highest BCUT2D eigenvalue weighted by atomic mass is 16.3. The highest BCUT2D eigenvalue weighted by Crippen LogP contribution is 2.05. The van der Waals surface area contributed by atoms with Crippen molar-refractivity contribution in [2.24, 2.45) is 0 Å². The number of aliphatic hydroxyl groups is 1. The highest BCUT2D eigenvalue weighted by molar-refractivity contribution is 5.76. The number of aryl methyl sites for hydroxylation is 1. The van der Waals surface area contributed by atoms with Gasteiger partial charge in [0.15, 0.2) is 0 Å². The van der Waals surface area contributed by atoms with Gasteiger partial charge in [-0.25, -0.2) is 0 Å². The first-order valence-corrected chi connectivity index (χ1v) is 6.20. The molecule has 0 fully saturated rings. The number of hydrogen-bond donors (Lipinski definition) is 1. The van der Waals surface area contributed by atoms with Gasteiger partial charge in [0, 0.05) is 19.5 Å². The average molecular weight is 235 g/mol. The molecule has 0 aliphatic carbocycles. The van der Waals surface area contributed by atoms with Crippen molar-refractivity contribution in [2.75, 3.05) is 19.7 Å². The van der Waals surface area contributed by atoms with E-state index in [4.69, 9.17) is 5.11 Å². The van der Waals surface area contributed by atoms with Gasteiger partial charge in [-0.1, -0.05) is 37.3 Å². The molecular formula is C14H21NO2. The second kappa shape index (κ2) is 7.85. The Morgan fingerprint density at radius 2 is 1.94 bits per heavy atom. The maximum absolute atomic E-state index is 11.9. The van der Waals surface area contributed by atoms with Gasteiger partial charge in [0.2, 0.25) is 5.91 Å². The lowest BCUT2D eigenvalue weighted by Gasteiger charge is -2.20. The molecular weight excluding hydrogens is 214 g/mol. The van der Waals surface area contributed by atoms with Crippen molar-refractivity contribution in [3.8, 4) is 0 Å². The number of carbonyl (C=O) groups excluding carboxylic acids is 1. The summed E-state index contributed by atoms with van der Waals surface area (Å²) in [5.41, 5.74) is 1.18. The lowest BCUT2D eigenvalue weighted by Crippen LogP contribution is -2.34. The van der Waals surface area contributed by atoms with Crippen LogP contribution in [0, 0.1) is 0 Å². The van der Waals surface area contributed by atoms with Gasteiger partial charge in [-0.2, -0.15) is 0 Å². The molecule has 0 bridgehead atoms. The summed E-state index contributed by atoms with van der Waals surface area (Å²) in [7, 11) is 0. The van der Waals surface area contributed by atoms with Crippen LogP contribution in [-0.4, -0.2) is 35.6 Å². The normalized spacial score (nSPS) is 10.2. The second-order valence-corrected chi connectivity index (χ2v) is 4.09. The van der Waals surface area contributed by atoms with Crippen molar-refractivity contribution in [3.05, 3.63) is 35.9 Å². The molecule has 0 atom stereocenters. The van der Waals surface area contributed by atoms with Crippen LogP contribution in [0.4, 0.5) is 0 Å².